The van der Waals surface area contributed by atoms with E-state index in [9.17, 15) is 4.79 Å². The van der Waals surface area contributed by atoms with Crippen LogP contribution in [0.5, 0.6) is 5.75 Å². The summed E-state index contributed by atoms with van der Waals surface area (Å²) < 4.78 is 5.78. The summed E-state index contributed by atoms with van der Waals surface area (Å²) in [5, 5.41) is 3.33. The van der Waals surface area contributed by atoms with E-state index >= 15 is 0 Å². The van der Waals surface area contributed by atoms with Crippen molar-refractivity contribution in [3.05, 3.63) is 60.4 Å². The highest BCUT2D eigenvalue weighted by Crippen LogP contribution is 2.12. The Kier molecular flexibility index (Phi) is 7.03. The van der Waals surface area contributed by atoms with Crippen LogP contribution in [-0.2, 0) is 11.2 Å². The third-order valence-corrected chi connectivity index (χ3v) is 3.95. The Bertz CT molecular complexity index is 625. The smallest absolute Gasteiger partial charge is 0.227 e. The number of halogens is 1. The van der Waals surface area contributed by atoms with E-state index < -0.39 is 0 Å². The summed E-state index contributed by atoms with van der Waals surface area (Å²) in [6.45, 7) is 2.76. The van der Waals surface area contributed by atoms with Gasteiger partial charge in [-0.15, -0.1) is 12.4 Å². The largest absolute Gasteiger partial charge is 0.490 e. The van der Waals surface area contributed by atoms with E-state index in [2.05, 4.69) is 10.3 Å². The van der Waals surface area contributed by atoms with Crippen molar-refractivity contribution < 1.29 is 9.53 Å². The first-order valence-corrected chi connectivity index (χ1v) is 7.90. The van der Waals surface area contributed by atoms with Crippen LogP contribution in [0.3, 0.4) is 0 Å². The molecule has 0 spiro atoms. The Balaban J connectivity index is 0.00000208. The quantitative estimate of drug-likeness (QED) is 0.898. The summed E-state index contributed by atoms with van der Waals surface area (Å²) in [5.74, 6) is 0.881. The lowest BCUT2D eigenvalue weighted by atomic mass is 10.1. The lowest BCUT2D eigenvalue weighted by Crippen LogP contribution is -2.56. The van der Waals surface area contributed by atoms with Crippen molar-refractivity contribution in [2.75, 3.05) is 26.2 Å². The second-order valence-electron chi connectivity index (χ2n) is 5.61. The zero-order valence-electron chi connectivity index (χ0n) is 13.4. The van der Waals surface area contributed by atoms with Crippen molar-refractivity contribution in [3.63, 3.8) is 0 Å². The number of hydrogen-bond acceptors (Lipinski definition) is 4. The molecular weight excluding hydrogens is 326 g/mol. The van der Waals surface area contributed by atoms with Crippen LogP contribution < -0.4 is 10.1 Å². The molecule has 1 aromatic heterocycles. The number of aromatic nitrogens is 1. The predicted octanol–water partition coefficient (Wildman–Crippen LogP) is 1.93. The number of piperazine rings is 1. The fraction of sp³-hybridized carbons (Fsp3) is 0.333. The van der Waals surface area contributed by atoms with E-state index in [0.717, 1.165) is 24.4 Å². The van der Waals surface area contributed by atoms with Crippen LogP contribution in [0.1, 0.15) is 5.56 Å². The molecule has 128 valence electrons. The minimum Gasteiger partial charge on any atom is -0.490 e. The molecule has 1 aromatic carbocycles. The lowest BCUT2D eigenvalue weighted by molar-refractivity contribution is -0.134. The van der Waals surface area contributed by atoms with Crippen LogP contribution in [0.4, 0.5) is 0 Å². The van der Waals surface area contributed by atoms with Crippen LogP contribution in [0.25, 0.3) is 0 Å². The summed E-state index contributed by atoms with van der Waals surface area (Å²) in [7, 11) is 0. The average molecular weight is 348 g/mol. The first kappa shape index (κ1) is 18.2. The number of rotatable bonds is 5. The molecule has 3 rings (SSSR count). The number of nitrogens with zero attached hydrogens (tertiary/aromatic N) is 2. The molecule has 2 heterocycles. The number of carbonyl (C=O) groups excluding carboxylic acids is 1. The van der Waals surface area contributed by atoms with Gasteiger partial charge in [-0.3, -0.25) is 9.78 Å². The van der Waals surface area contributed by atoms with Gasteiger partial charge in [0.1, 0.15) is 12.4 Å². The van der Waals surface area contributed by atoms with Gasteiger partial charge in [0.05, 0.1) is 18.7 Å². The van der Waals surface area contributed by atoms with Crippen LogP contribution in [0.15, 0.2) is 54.9 Å². The molecule has 1 saturated heterocycles. The molecule has 2 aromatic rings. The number of pyridine rings is 1. The highest BCUT2D eigenvalue weighted by molar-refractivity contribution is 5.85. The zero-order valence-corrected chi connectivity index (χ0v) is 14.2. The average Bonchev–Trinajstić information content (AvgIpc) is 2.62. The Morgan fingerprint density at radius 1 is 1.25 bits per heavy atom. The number of nitrogens with one attached hydrogen (secondary N) is 1. The second-order valence-corrected chi connectivity index (χ2v) is 5.61. The molecule has 1 amide bonds. The molecule has 1 aliphatic rings. The van der Waals surface area contributed by atoms with Gasteiger partial charge in [-0.25, -0.2) is 0 Å². The molecule has 5 nitrogen and oxygen atoms in total. The molecule has 1 atom stereocenters. The highest BCUT2D eigenvalue weighted by atomic mass is 35.5. The van der Waals surface area contributed by atoms with Crippen LogP contribution in [-0.4, -0.2) is 48.1 Å². The topological polar surface area (TPSA) is 54.5 Å². The SMILES string of the molecule is Cl.O=C(Cc1ccccc1)N1CCNCC1COc1cccnc1. The minimum absolute atomic E-state index is 0. The number of ether oxygens (including phenoxy) is 1. The standard InChI is InChI=1S/C18H21N3O2.ClH/c22-18(11-15-5-2-1-3-6-15)21-10-9-20-12-16(21)14-23-17-7-4-8-19-13-17;/h1-8,13,16,20H,9-12,14H2;1H. The zero-order chi connectivity index (χ0) is 15.9. The summed E-state index contributed by atoms with van der Waals surface area (Å²) in [6.07, 6.45) is 3.83. The molecule has 0 aliphatic carbocycles. The van der Waals surface area contributed by atoms with Gasteiger partial charge in [-0.1, -0.05) is 30.3 Å². The molecule has 0 bridgehead atoms. The van der Waals surface area contributed by atoms with Crippen molar-refractivity contribution in [1.82, 2.24) is 15.2 Å². The third-order valence-electron chi connectivity index (χ3n) is 3.95. The van der Waals surface area contributed by atoms with E-state index in [1.807, 2.05) is 47.4 Å². The van der Waals surface area contributed by atoms with Crippen LogP contribution in [0.2, 0.25) is 0 Å². The van der Waals surface area contributed by atoms with Gasteiger partial charge >= 0.3 is 0 Å². The molecule has 1 N–H and O–H groups in total. The monoisotopic (exact) mass is 347 g/mol. The Hall–Kier alpha value is -2.11. The maximum atomic E-state index is 12.6. The summed E-state index contributed by atoms with van der Waals surface area (Å²) in [5.41, 5.74) is 1.04. The number of benzene rings is 1. The Labute approximate surface area is 148 Å². The van der Waals surface area contributed by atoms with Gasteiger partial charge in [0, 0.05) is 25.8 Å². The number of amides is 1. The maximum Gasteiger partial charge on any atom is 0.227 e. The minimum atomic E-state index is 0. The van der Waals surface area contributed by atoms with Crippen molar-refractivity contribution >= 4 is 18.3 Å². The van der Waals surface area contributed by atoms with E-state index in [4.69, 9.17) is 4.74 Å². The van der Waals surface area contributed by atoms with E-state index in [0.29, 0.717) is 19.6 Å². The fourth-order valence-electron chi connectivity index (χ4n) is 2.74. The van der Waals surface area contributed by atoms with Crippen molar-refractivity contribution in [2.45, 2.75) is 12.5 Å². The molecule has 0 saturated carbocycles. The van der Waals surface area contributed by atoms with Crippen LogP contribution >= 0.6 is 12.4 Å². The van der Waals surface area contributed by atoms with Gasteiger partial charge in [-0.05, 0) is 17.7 Å². The predicted molar refractivity (Wildman–Crippen MR) is 95.5 cm³/mol. The van der Waals surface area contributed by atoms with Gasteiger partial charge in [0.2, 0.25) is 5.91 Å². The van der Waals surface area contributed by atoms with Crippen molar-refractivity contribution in [2.24, 2.45) is 0 Å². The van der Waals surface area contributed by atoms with Gasteiger partial charge in [0.15, 0.2) is 0 Å². The molecule has 24 heavy (non-hydrogen) atoms. The maximum absolute atomic E-state index is 12.6. The van der Waals surface area contributed by atoms with E-state index in [-0.39, 0.29) is 24.4 Å². The normalized spacial score (nSPS) is 17.0. The molecular formula is C18H22ClN3O2. The molecule has 0 radical (unpaired) electrons. The molecule has 6 heteroatoms. The number of hydrogen-bond donors (Lipinski definition) is 1. The fourth-order valence-corrected chi connectivity index (χ4v) is 2.74. The van der Waals surface area contributed by atoms with Crippen molar-refractivity contribution in [1.29, 1.82) is 0 Å². The van der Waals surface area contributed by atoms with Crippen LogP contribution in [0, 0.1) is 0 Å². The summed E-state index contributed by atoms with van der Waals surface area (Å²) in [4.78, 5) is 18.6. The van der Waals surface area contributed by atoms with Crippen molar-refractivity contribution in [3.8, 4) is 5.75 Å². The molecule has 1 aliphatic heterocycles. The summed E-state index contributed by atoms with van der Waals surface area (Å²) in [6, 6.07) is 13.6. The van der Waals surface area contributed by atoms with E-state index in [1.165, 1.54) is 0 Å². The third kappa shape index (κ3) is 4.94. The second kappa shape index (κ2) is 9.25. The highest BCUT2D eigenvalue weighted by Gasteiger charge is 2.27. The lowest BCUT2D eigenvalue weighted by Gasteiger charge is -2.36. The summed E-state index contributed by atoms with van der Waals surface area (Å²) >= 11 is 0. The Morgan fingerprint density at radius 3 is 2.83 bits per heavy atom. The van der Waals surface area contributed by atoms with E-state index in [1.54, 1.807) is 12.4 Å². The molecule has 1 fully saturated rings. The van der Waals surface area contributed by atoms with Gasteiger partial charge < -0.3 is 15.0 Å². The first-order valence-electron chi connectivity index (χ1n) is 7.90. The van der Waals surface area contributed by atoms with Gasteiger partial charge in [0.25, 0.3) is 0 Å². The number of carbonyl (C=O) groups is 1. The first-order chi connectivity index (χ1) is 11.3. The Morgan fingerprint density at radius 2 is 2.08 bits per heavy atom. The van der Waals surface area contributed by atoms with Gasteiger partial charge in [-0.2, -0.15) is 0 Å². The molecule has 1 unspecified atom stereocenters.